The van der Waals surface area contributed by atoms with Gasteiger partial charge in [-0.15, -0.1) is 0 Å². The quantitative estimate of drug-likeness (QED) is 0.0796. The second-order valence-electron chi connectivity index (χ2n) is 12.6. The van der Waals surface area contributed by atoms with Gasteiger partial charge in [-0.25, -0.2) is 0 Å². The van der Waals surface area contributed by atoms with Crippen LogP contribution in [0.4, 0.5) is 0 Å². The van der Waals surface area contributed by atoms with Crippen LogP contribution in [0.3, 0.4) is 0 Å². The summed E-state index contributed by atoms with van der Waals surface area (Å²) in [6.07, 6.45) is 38.9. The van der Waals surface area contributed by atoms with Crippen molar-refractivity contribution in [3.63, 3.8) is 0 Å². The molecule has 0 bridgehead atoms. The Labute approximate surface area is 245 Å². The maximum absolute atomic E-state index is 11.7. The summed E-state index contributed by atoms with van der Waals surface area (Å²) in [5.74, 6) is -1.38. The molecular weight excluding hydrogens is 480 g/mol. The monoisotopic (exact) mass is 553 g/mol. The predicted molar refractivity (Wildman–Crippen MR) is 172 cm³/mol. The number of rotatable bonds is 33. The molecule has 0 aromatic rings. The summed E-state index contributed by atoms with van der Waals surface area (Å²) < 4.78 is 0. The fourth-order valence-electron chi connectivity index (χ4n) is 5.97. The Morgan fingerprint density at radius 2 is 0.641 bits per heavy atom. The Morgan fingerprint density at radius 3 is 0.897 bits per heavy atom. The van der Waals surface area contributed by atoms with E-state index in [4.69, 9.17) is 0 Å². The van der Waals surface area contributed by atoms with Crippen molar-refractivity contribution in [1.29, 1.82) is 0 Å². The Morgan fingerprint density at radius 1 is 0.410 bits per heavy atom. The molecule has 0 spiro atoms. The van der Waals surface area contributed by atoms with Gasteiger partial charge in [-0.2, -0.15) is 0 Å². The molecule has 3 nitrogen and oxygen atoms in total. The van der Waals surface area contributed by atoms with Gasteiger partial charge in [0.15, 0.2) is 0 Å². The van der Waals surface area contributed by atoms with Crippen LogP contribution in [-0.4, -0.2) is 22.3 Å². The smallest absolute Gasteiger partial charge is 0.309 e. The molecule has 0 fully saturated rings. The number of unbranched alkanes of at least 4 members (excludes halogenated alkanes) is 27. The third-order valence-electron chi connectivity index (χ3n) is 8.75. The van der Waals surface area contributed by atoms with Crippen molar-refractivity contribution in [3.05, 3.63) is 0 Å². The molecule has 0 aliphatic heterocycles. The molecule has 0 saturated heterocycles. The maximum atomic E-state index is 11.7. The average molecular weight is 553 g/mol. The van der Waals surface area contributed by atoms with Crippen LogP contribution in [0.5, 0.6) is 0 Å². The lowest BCUT2D eigenvalue weighted by Gasteiger charge is -2.19. The van der Waals surface area contributed by atoms with Crippen LogP contribution in [0.1, 0.15) is 213 Å². The van der Waals surface area contributed by atoms with Crippen molar-refractivity contribution < 1.29 is 15.0 Å². The Balaban J connectivity index is 3.51. The number of carbonyl (C=O) groups is 1. The van der Waals surface area contributed by atoms with E-state index in [-0.39, 0.29) is 0 Å². The SMILES string of the molecule is CCCCCCCCCCCCCCCCCCCC(O)C(CCCCCCCCCCCCCC)C(=O)O. The molecule has 0 rings (SSSR count). The molecular formula is C36H72O3. The predicted octanol–water partition coefficient (Wildman–Crippen LogP) is 12.2. The Hall–Kier alpha value is -0.570. The van der Waals surface area contributed by atoms with E-state index in [2.05, 4.69) is 13.8 Å². The highest BCUT2D eigenvalue weighted by molar-refractivity contribution is 5.70. The first-order valence-electron chi connectivity index (χ1n) is 18.0. The van der Waals surface area contributed by atoms with Crippen LogP contribution in [0.25, 0.3) is 0 Å². The molecule has 0 saturated carbocycles. The molecule has 0 aromatic heterocycles. The molecule has 0 aliphatic carbocycles. The summed E-state index contributed by atoms with van der Waals surface area (Å²) in [5, 5.41) is 20.1. The van der Waals surface area contributed by atoms with E-state index in [1.807, 2.05) is 0 Å². The number of aliphatic hydroxyl groups is 1. The third kappa shape index (κ3) is 28.7. The van der Waals surface area contributed by atoms with Gasteiger partial charge in [0.05, 0.1) is 12.0 Å². The van der Waals surface area contributed by atoms with Crippen molar-refractivity contribution >= 4 is 5.97 Å². The van der Waals surface area contributed by atoms with Gasteiger partial charge in [0, 0.05) is 0 Å². The zero-order valence-corrected chi connectivity index (χ0v) is 26.9. The molecule has 0 radical (unpaired) electrons. The van der Waals surface area contributed by atoms with E-state index in [0.717, 1.165) is 25.7 Å². The van der Waals surface area contributed by atoms with Crippen LogP contribution in [0.2, 0.25) is 0 Å². The van der Waals surface area contributed by atoms with Crippen molar-refractivity contribution in [3.8, 4) is 0 Å². The van der Waals surface area contributed by atoms with E-state index in [1.165, 1.54) is 161 Å². The fraction of sp³-hybridized carbons (Fsp3) is 0.972. The van der Waals surface area contributed by atoms with Gasteiger partial charge in [0.1, 0.15) is 0 Å². The zero-order valence-electron chi connectivity index (χ0n) is 26.9. The number of carboxylic acids is 1. The van der Waals surface area contributed by atoms with Gasteiger partial charge < -0.3 is 10.2 Å². The molecule has 0 aromatic carbocycles. The number of aliphatic hydroxyl groups excluding tert-OH is 1. The van der Waals surface area contributed by atoms with Crippen molar-refractivity contribution in [2.45, 2.75) is 219 Å². The molecule has 2 N–H and O–H groups in total. The van der Waals surface area contributed by atoms with Crippen LogP contribution < -0.4 is 0 Å². The fourth-order valence-corrected chi connectivity index (χ4v) is 5.97. The summed E-state index contributed by atoms with van der Waals surface area (Å²) in [6, 6.07) is 0. The molecule has 0 heterocycles. The third-order valence-corrected chi connectivity index (χ3v) is 8.75. The number of hydrogen-bond acceptors (Lipinski definition) is 2. The summed E-state index contributed by atoms with van der Waals surface area (Å²) in [6.45, 7) is 4.55. The maximum Gasteiger partial charge on any atom is 0.309 e. The van der Waals surface area contributed by atoms with Gasteiger partial charge in [0.25, 0.3) is 0 Å². The Kier molecular flexibility index (Phi) is 31.5. The number of hydrogen-bond donors (Lipinski definition) is 2. The minimum Gasteiger partial charge on any atom is -0.481 e. The van der Waals surface area contributed by atoms with Crippen LogP contribution in [0.15, 0.2) is 0 Å². The van der Waals surface area contributed by atoms with E-state index in [9.17, 15) is 15.0 Å². The normalized spacial score (nSPS) is 13.1. The van der Waals surface area contributed by atoms with E-state index < -0.39 is 18.0 Å². The van der Waals surface area contributed by atoms with Crippen LogP contribution in [0, 0.1) is 5.92 Å². The lowest BCUT2D eigenvalue weighted by molar-refractivity contribution is -0.146. The van der Waals surface area contributed by atoms with Crippen molar-refractivity contribution in [2.24, 2.45) is 5.92 Å². The minimum absolute atomic E-state index is 0.575. The topological polar surface area (TPSA) is 57.5 Å². The number of aliphatic carboxylic acids is 1. The van der Waals surface area contributed by atoms with E-state index in [0.29, 0.717) is 12.8 Å². The summed E-state index contributed by atoms with van der Waals surface area (Å²) in [4.78, 5) is 11.7. The summed E-state index contributed by atoms with van der Waals surface area (Å²) in [7, 11) is 0. The highest BCUT2D eigenvalue weighted by atomic mass is 16.4. The molecule has 39 heavy (non-hydrogen) atoms. The largest absolute Gasteiger partial charge is 0.481 e. The van der Waals surface area contributed by atoms with Crippen molar-refractivity contribution in [2.75, 3.05) is 0 Å². The number of carboxylic acid groups (broad SMARTS) is 1. The molecule has 0 amide bonds. The lowest BCUT2D eigenvalue weighted by atomic mass is 9.91. The molecule has 2 unspecified atom stereocenters. The molecule has 234 valence electrons. The highest BCUT2D eigenvalue weighted by Gasteiger charge is 2.25. The molecule has 0 aliphatic rings. The first-order valence-corrected chi connectivity index (χ1v) is 18.0. The minimum atomic E-state index is -0.808. The van der Waals surface area contributed by atoms with Gasteiger partial charge in [0.2, 0.25) is 0 Å². The highest BCUT2D eigenvalue weighted by Crippen LogP contribution is 2.21. The molecule has 2 atom stereocenters. The van der Waals surface area contributed by atoms with Gasteiger partial charge in [-0.1, -0.05) is 200 Å². The van der Waals surface area contributed by atoms with Crippen LogP contribution in [-0.2, 0) is 4.79 Å². The molecule has 3 heteroatoms. The van der Waals surface area contributed by atoms with Gasteiger partial charge in [-0.05, 0) is 12.8 Å². The standard InChI is InChI=1S/C36H72O3/c1-3-5-7-9-11-13-15-17-18-19-20-21-23-25-27-29-31-33-35(37)34(36(38)39)32-30-28-26-24-22-16-14-12-10-8-6-4-2/h34-35,37H,3-33H2,1-2H3,(H,38,39). The Bertz CT molecular complexity index is 478. The second kappa shape index (κ2) is 32.0. The van der Waals surface area contributed by atoms with E-state index >= 15 is 0 Å². The summed E-state index contributed by atoms with van der Waals surface area (Å²) >= 11 is 0. The van der Waals surface area contributed by atoms with Gasteiger partial charge in [-0.3, -0.25) is 4.79 Å². The summed E-state index contributed by atoms with van der Waals surface area (Å²) in [5.41, 5.74) is 0. The first-order chi connectivity index (χ1) is 19.1. The second-order valence-corrected chi connectivity index (χ2v) is 12.6. The zero-order chi connectivity index (χ0) is 28.7. The lowest BCUT2D eigenvalue weighted by Crippen LogP contribution is -2.28. The van der Waals surface area contributed by atoms with Crippen molar-refractivity contribution in [1.82, 2.24) is 0 Å². The first kappa shape index (κ1) is 38.4. The average Bonchev–Trinajstić information content (AvgIpc) is 2.92. The van der Waals surface area contributed by atoms with Gasteiger partial charge >= 0.3 is 5.97 Å². The van der Waals surface area contributed by atoms with E-state index in [1.54, 1.807) is 0 Å². The van der Waals surface area contributed by atoms with Crippen LogP contribution >= 0.6 is 0 Å².